The Morgan fingerprint density at radius 1 is 1.11 bits per heavy atom. The van der Waals surface area contributed by atoms with E-state index in [0.29, 0.717) is 63.7 Å². The number of fused-ring (bicyclic) bond motifs is 6. The topological polar surface area (TPSA) is 83.6 Å². The molecule has 4 aliphatic rings. The standard InChI is InChI=1S/C31H42ClNO4/c1-17(4-11-28-33-26-15-19(32)6-8-22(26)29(36)37-28)23-9-10-24-21-7-5-18-14-20(34)12-13-30(18,2)25(21)16-27(35)31(23,24)3/h6,8,15,17-18,20-21,23-25,27,34-35H,4-5,7,9-14,16H2,1-3H3/t17-,18-,20-,21+,23-,24+,25?,27+,30+,31-/m1/s1. The molecule has 0 radical (unpaired) electrons. The average molecular weight is 528 g/mol. The minimum atomic E-state index is -0.356. The summed E-state index contributed by atoms with van der Waals surface area (Å²) < 4.78 is 5.56. The van der Waals surface area contributed by atoms with Crippen LogP contribution in [0.1, 0.15) is 84.4 Å². The molecular weight excluding hydrogens is 486 g/mol. The summed E-state index contributed by atoms with van der Waals surface area (Å²) >= 11 is 6.12. The molecule has 0 saturated heterocycles. The number of benzene rings is 1. The number of aryl methyl sites for hydroxylation is 1. The fourth-order valence-corrected chi connectivity index (χ4v) is 10.1. The van der Waals surface area contributed by atoms with Gasteiger partial charge in [0.15, 0.2) is 5.89 Å². The summed E-state index contributed by atoms with van der Waals surface area (Å²) in [5.41, 5.74) is 0.428. The molecule has 5 nitrogen and oxygen atoms in total. The lowest BCUT2D eigenvalue weighted by atomic mass is 9.43. The maximum absolute atomic E-state index is 12.5. The Labute approximate surface area is 225 Å². The van der Waals surface area contributed by atoms with Crippen LogP contribution in [0.2, 0.25) is 5.02 Å². The van der Waals surface area contributed by atoms with Gasteiger partial charge < -0.3 is 14.6 Å². The number of aromatic nitrogens is 1. The van der Waals surface area contributed by atoms with E-state index in [1.165, 1.54) is 19.3 Å². The van der Waals surface area contributed by atoms with Crippen LogP contribution in [0.3, 0.4) is 0 Å². The molecule has 6 rings (SSSR count). The van der Waals surface area contributed by atoms with Crippen LogP contribution < -0.4 is 5.63 Å². The highest BCUT2D eigenvalue weighted by Crippen LogP contribution is 2.68. The molecule has 2 N–H and O–H groups in total. The maximum atomic E-state index is 12.5. The lowest BCUT2D eigenvalue weighted by molar-refractivity contribution is -0.174. The van der Waals surface area contributed by atoms with Gasteiger partial charge in [0.05, 0.1) is 23.1 Å². The Morgan fingerprint density at radius 3 is 2.73 bits per heavy atom. The van der Waals surface area contributed by atoms with Gasteiger partial charge in [-0.1, -0.05) is 32.4 Å². The number of hydrogen-bond acceptors (Lipinski definition) is 5. The van der Waals surface area contributed by atoms with Crippen molar-refractivity contribution in [3.8, 4) is 0 Å². The zero-order chi connectivity index (χ0) is 26.1. The van der Waals surface area contributed by atoms with Crippen molar-refractivity contribution in [1.29, 1.82) is 0 Å². The molecule has 1 aromatic heterocycles. The van der Waals surface area contributed by atoms with E-state index >= 15 is 0 Å². The Bertz CT molecular complexity index is 1230. The molecule has 10 atom stereocenters. The van der Waals surface area contributed by atoms with Crippen LogP contribution in [-0.2, 0) is 6.42 Å². The Hall–Kier alpha value is -1.43. The van der Waals surface area contributed by atoms with Crippen molar-refractivity contribution in [3.63, 3.8) is 0 Å². The SMILES string of the molecule is C[C@H](CCc1nc2cc(Cl)ccc2c(=O)o1)[C@H]1CC[C@H]2[C@@H]3CC[C@@H]4C[C@H](O)CC[C@]4(C)C3C[C@H](O)[C@]12C. The van der Waals surface area contributed by atoms with Crippen LogP contribution in [0.25, 0.3) is 10.9 Å². The summed E-state index contributed by atoms with van der Waals surface area (Å²) in [7, 11) is 0. The third-order valence-electron chi connectivity index (χ3n) is 12.0. The molecule has 0 aliphatic heterocycles. The van der Waals surface area contributed by atoms with E-state index < -0.39 is 0 Å². The Kier molecular flexibility index (Phi) is 6.52. The highest BCUT2D eigenvalue weighted by molar-refractivity contribution is 6.31. The molecule has 6 heteroatoms. The molecule has 202 valence electrons. The van der Waals surface area contributed by atoms with Crippen molar-refractivity contribution in [1.82, 2.24) is 4.98 Å². The molecule has 0 spiro atoms. The monoisotopic (exact) mass is 527 g/mol. The van der Waals surface area contributed by atoms with Gasteiger partial charge in [-0.15, -0.1) is 0 Å². The van der Waals surface area contributed by atoms with Crippen molar-refractivity contribution in [2.24, 2.45) is 46.3 Å². The van der Waals surface area contributed by atoms with Gasteiger partial charge in [0, 0.05) is 11.4 Å². The normalized spacial score (nSPS) is 42.2. The van der Waals surface area contributed by atoms with E-state index in [2.05, 4.69) is 25.8 Å². The van der Waals surface area contributed by atoms with E-state index in [1.807, 2.05) is 0 Å². The second-order valence-electron chi connectivity index (χ2n) is 13.5. The second-order valence-corrected chi connectivity index (χ2v) is 13.9. The Morgan fingerprint density at radius 2 is 1.92 bits per heavy atom. The van der Waals surface area contributed by atoms with Gasteiger partial charge in [0.1, 0.15) is 0 Å². The predicted molar refractivity (Wildman–Crippen MR) is 145 cm³/mol. The Balaban J connectivity index is 1.19. The number of nitrogens with zero attached hydrogens (tertiary/aromatic N) is 1. The van der Waals surface area contributed by atoms with E-state index in [0.717, 1.165) is 38.5 Å². The molecule has 4 saturated carbocycles. The van der Waals surface area contributed by atoms with Crippen LogP contribution in [0.4, 0.5) is 0 Å². The molecule has 4 aliphatic carbocycles. The number of rotatable bonds is 4. The largest absolute Gasteiger partial charge is 0.408 e. The first-order valence-electron chi connectivity index (χ1n) is 14.6. The van der Waals surface area contributed by atoms with E-state index in [9.17, 15) is 15.0 Å². The molecule has 0 bridgehead atoms. The highest BCUT2D eigenvalue weighted by Gasteiger charge is 2.63. The van der Waals surface area contributed by atoms with Crippen LogP contribution in [0.5, 0.6) is 0 Å². The number of aliphatic hydroxyl groups excluding tert-OH is 2. The highest BCUT2D eigenvalue weighted by atomic mass is 35.5. The van der Waals surface area contributed by atoms with Crippen molar-refractivity contribution < 1.29 is 14.6 Å². The molecule has 37 heavy (non-hydrogen) atoms. The molecule has 4 fully saturated rings. The fraction of sp³-hybridized carbons (Fsp3) is 0.742. The van der Waals surface area contributed by atoms with Gasteiger partial charge >= 0.3 is 5.63 Å². The van der Waals surface area contributed by atoms with Gasteiger partial charge in [0.25, 0.3) is 0 Å². The van der Waals surface area contributed by atoms with Gasteiger partial charge in [-0.25, -0.2) is 9.78 Å². The number of halogens is 1. The van der Waals surface area contributed by atoms with Gasteiger partial charge in [0.2, 0.25) is 0 Å². The third-order valence-corrected chi connectivity index (χ3v) is 12.2. The lowest BCUT2D eigenvalue weighted by Crippen LogP contribution is -2.58. The second kappa shape index (κ2) is 9.34. The summed E-state index contributed by atoms with van der Waals surface area (Å²) in [5.74, 6) is 3.76. The zero-order valence-corrected chi connectivity index (χ0v) is 23.2. The minimum absolute atomic E-state index is 0.0663. The van der Waals surface area contributed by atoms with Crippen LogP contribution in [-0.4, -0.2) is 27.4 Å². The smallest absolute Gasteiger partial charge is 0.346 e. The van der Waals surface area contributed by atoms with Gasteiger partial charge in [-0.05, 0) is 122 Å². The molecule has 1 unspecified atom stereocenters. The maximum Gasteiger partial charge on any atom is 0.346 e. The summed E-state index contributed by atoms with van der Waals surface area (Å²) in [6.07, 6.45) is 9.79. The fourth-order valence-electron chi connectivity index (χ4n) is 9.91. The van der Waals surface area contributed by atoms with Crippen LogP contribution in [0, 0.1) is 46.3 Å². The lowest BCUT2D eigenvalue weighted by Gasteiger charge is -2.62. The van der Waals surface area contributed by atoms with Crippen molar-refractivity contribution in [3.05, 3.63) is 39.5 Å². The zero-order valence-electron chi connectivity index (χ0n) is 22.5. The van der Waals surface area contributed by atoms with Crippen LogP contribution >= 0.6 is 11.6 Å². The summed E-state index contributed by atoms with van der Waals surface area (Å²) in [6.45, 7) is 7.17. The quantitative estimate of drug-likeness (QED) is 0.480. The summed E-state index contributed by atoms with van der Waals surface area (Å²) in [5, 5.41) is 23.1. The first kappa shape index (κ1) is 25.8. The molecular formula is C31H42ClNO4. The molecule has 2 aromatic rings. The minimum Gasteiger partial charge on any atom is -0.408 e. The summed E-state index contributed by atoms with van der Waals surface area (Å²) in [6, 6.07) is 5.08. The molecule has 1 heterocycles. The summed E-state index contributed by atoms with van der Waals surface area (Å²) in [4.78, 5) is 17.1. The van der Waals surface area contributed by atoms with Gasteiger partial charge in [-0.2, -0.15) is 0 Å². The molecule has 1 aromatic carbocycles. The van der Waals surface area contributed by atoms with Crippen molar-refractivity contribution in [2.45, 2.75) is 97.2 Å². The van der Waals surface area contributed by atoms with Crippen LogP contribution in [0.15, 0.2) is 27.4 Å². The van der Waals surface area contributed by atoms with Crippen molar-refractivity contribution >= 4 is 22.5 Å². The number of aliphatic hydroxyl groups is 2. The molecule has 0 amide bonds. The van der Waals surface area contributed by atoms with E-state index in [4.69, 9.17) is 16.0 Å². The predicted octanol–water partition coefficient (Wildman–Crippen LogP) is 6.40. The van der Waals surface area contributed by atoms with Gasteiger partial charge in [-0.3, -0.25) is 0 Å². The average Bonchev–Trinajstić information content (AvgIpc) is 3.22. The first-order valence-corrected chi connectivity index (χ1v) is 14.9. The van der Waals surface area contributed by atoms with Crippen molar-refractivity contribution in [2.75, 3.05) is 0 Å². The van der Waals surface area contributed by atoms with E-state index in [-0.39, 0.29) is 28.7 Å². The van der Waals surface area contributed by atoms with E-state index in [1.54, 1.807) is 18.2 Å². The number of hydrogen-bond donors (Lipinski definition) is 2. The first-order chi connectivity index (χ1) is 17.6. The third kappa shape index (κ3) is 4.10.